The van der Waals surface area contributed by atoms with Gasteiger partial charge in [-0.15, -0.1) is 11.3 Å². The molecule has 0 saturated carbocycles. The number of hydrogen-bond donors (Lipinski definition) is 2. The van der Waals surface area contributed by atoms with Crippen molar-refractivity contribution >= 4 is 17.3 Å². The van der Waals surface area contributed by atoms with E-state index in [1.165, 1.54) is 11.3 Å². The van der Waals surface area contributed by atoms with E-state index in [2.05, 4.69) is 4.98 Å². The van der Waals surface area contributed by atoms with Gasteiger partial charge in [0.2, 0.25) is 0 Å². The van der Waals surface area contributed by atoms with E-state index < -0.39 is 5.97 Å². The largest absolute Gasteiger partial charge is 0.478 e. The van der Waals surface area contributed by atoms with Gasteiger partial charge in [-0.1, -0.05) is 12.1 Å². The van der Waals surface area contributed by atoms with Crippen LogP contribution in [-0.4, -0.2) is 26.3 Å². The van der Waals surface area contributed by atoms with Crippen LogP contribution in [0.3, 0.4) is 0 Å². The number of hydroxylamine groups is 2. The molecule has 100 valence electrons. The average molecular weight is 278 g/mol. The van der Waals surface area contributed by atoms with Gasteiger partial charge in [-0.05, 0) is 24.1 Å². The fraction of sp³-hybridized carbons (Fsp3) is 0.231. The quantitative estimate of drug-likeness (QED) is 0.822. The number of carboxylic acids is 1. The molecule has 0 spiro atoms. The normalized spacial score (nSPS) is 10.9. The molecule has 1 aromatic carbocycles. The summed E-state index contributed by atoms with van der Waals surface area (Å²) in [7, 11) is 0. The summed E-state index contributed by atoms with van der Waals surface area (Å²) in [6.45, 7) is 2.43. The zero-order valence-corrected chi connectivity index (χ0v) is 11.2. The summed E-state index contributed by atoms with van der Waals surface area (Å²) in [4.78, 5) is 15.0. The fourth-order valence-corrected chi connectivity index (χ4v) is 2.38. The molecule has 2 N–H and O–H groups in total. The van der Waals surface area contributed by atoms with E-state index in [1.54, 1.807) is 30.6 Å². The molecule has 19 heavy (non-hydrogen) atoms. The highest BCUT2D eigenvalue weighted by Gasteiger charge is 2.09. The Balaban J connectivity index is 2.03. The summed E-state index contributed by atoms with van der Waals surface area (Å²) in [5.41, 5.74) is 4.36. The summed E-state index contributed by atoms with van der Waals surface area (Å²) >= 11 is 1.48. The molecule has 0 aliphatic rings. The second-order valence-electron chi connectivity index (χ2n) is 4.26. The maximum absolute atomic E-state index is 10.9. The Labute approximate surface area is 114 Å². The molecule has 5 nitrogen and oxygen atoms in total. The number of benzene rings is 1. The van der Waals surface area contributed by atoms with E-state index in [1.807, 2.05) is 5.38 Å². The number of thiazole rings is 1. The number of aromatic carboxylic acids is 1. The number of aryl methyl sites for hydroxylation is 1. The van der Waals surface area contributed by atoms with Gasteiger partial charge in [-0.2, -0.15) is 5.06 Å². The van der Waals surface area contributed by atoms with Gasteiger partial charge in [0.15, 0.2) is 0 Å². The lowest BCUT2D eigenvalue weighted by molar-refractivity contribution is -0.109. The van der Waals surface area contributed by atoms with E-state index in [0.717, 1.165) is 16.3 Å². The van der Waals surface area contributed by atoms with Gasteiger partial charge in [-0.25, -0.2) is 9.78 Å². The van der Waals surface area contributed by atoms with Crippen molar-refractivity contribution in [2.45, 2.75) is 20.0 Å². The molecule has 0 aliphatic carbocycles. The number of carboxylic acid groups (broad SMARTS) is 1. The van der Waals surface area contributed by atoms with Crippen LogP contribution >= 0.6 is 11.3 Å². The molecule has 2 aromatic rings. The Morgan fingerprint density at radius 3 is 2.79 bits per heavy atom. The van der Waals surface area contributed by atoms with Crippen molar-refractivity contribution in [1.29, 1.82) is 0 Å². The second kappa shape index (κ2) is 5.92. The van der Waals surface area contributed by atoms with Crippen molar-refractivity contribution in [3.63, 3.8) is 0 Å². The average Bonchev–Trinajstić information content (AvgIpc) is 2.81. The Bertz CT molecular complexity index is 569. The molecular weight excluding hydrogens is 264 g/mol. The lowest BCUT2D eigenvalue weighted by Crippen LogP contribution is -2.18. The zero-order chi connectivity index (χ0) is 13.8. The van der Waals surface area contributed by atoms with Crippen LogP contribution in [0.15, 0.2) is 29.1 Å². The van der Waals surface area contributed by atoms with Gasteiger partial charge >= 0.3 is 5.97 Å². The van der Waals surface area contributed by atoms with Gasteiger partial charge in [0.05, 0.1) is 23.3 Å². The van der Waals surface area contributed by atoms with Crippen LogP contribution in [-0.2, 0) is 13.1 Å². The van der Waals surface area contributed by atoms with Crippen LogP contribution in [0, 0.1) is 6.92 Å². The van der Waals surface area contributed by atoms with Crippen LogP contribution in [0.2, 0.25) is 0 Å². The standard InChI is InChI=1S/C13H14N2O3S/c1-9-4-10(2-3-12(9)13(16)17)5-15(18)6-11-7-19-8-14-11/h2-4,7-8,18H,5-6H2,1H3,(H,16,17). The molecule has 0 fully saturated rings. The Morgan fingerprint density at radius 2 is 2.21 bits per heavy atom. The Kier molecular flexibility index (Phi) is 4.26. The van der Waals surface area contributed by atoms with Crippen LogP contribution in [0.5, 0.6) is 0 Å². The smallest absolute Gasteiger partial charge is 0.335 e. The third kappa shape index (κ3) is 3.60. The molecule has 0 atom stereocenters. The minimum absolute atomic E-state index is 0.285. The van der Waals surface area contributed by atoms with Crippen molar-refractivity contribution < 1.29 is 15.1 Å². The highest BCUT2D eigenvalue weighted by atomic mass is 32.1. The molecular formula is C13H14N2O3S. The molecule has 2 rings (SSSR count). The minimum Gasteiger partial charge on any atom is -0.478 e. The molecule has 1 aromatic heterocycles. The molecule has 0 aliphatic heterocycles. The van der Waals surface area contributed by atoms with Crippen molar-refractivity contribution in [2.24, 2.45) is 0 Å². The summed E-state index contributed by atoms with van der Waals surface area (Å²) in [6, 6.07) is 5.04. The van der Waals surface area contributed by atoms with E-state index >= 15 is 0 Å². The van der Waals surface area contributed by atoms with Crippen LogP contribution in [0.1, 0.15) is 27.2 Å². The van der Waals surface area contributed by atoms with E-state index in [4.69, 9.17) is 5.11 Å². The molecule has 0 radical (unpaired) electrons. The third-order valence-electron chi connectivity index (χ3n) is 2.71. The SMILES string of the molecule is Cc1cc(CN(O)Cc2cscn2)ccc1C(=O)O. The first-order valence-electron chi connectivity index (χ1n) is 5.70. The van der Waals surface area contributed by atoms with E-state index in [9.17, 15) is 10.0 Å². The second-order valence-corrected chi connectivity index (χ2v) is 4.98. The van der Waals surface area contributed by atoms with Gasteiger partial charge in [0.25, 0.3) is 0 Å². The highest BCUT2D eigenvalue weighted by molar-refractivity contribution is 7.07. The van der Waals surface area contributed by atoms with Crippen molar-refractivity contribution in [3.05, 3.63) is 51.5 Å². The monoisotopic (exact) mass is 278 g/mol. The maximum Gasteiger partial charge on any atom is 0.335 e. The van der Waals surface area contributed by atoms with Crippen LogP contribution in [0.4, 0.5) is 0 Å². The lowest BCUT2D eigenvalue weighted by Gasteiger charge is -2.14. The molecule has 0 amide bonds. The van der Waals surface area contributed by atoms with Crippen LogP contribution in [0.25, 0.3) is 0 Å². The van der Waals surface area contributed by atoms with Crippen LogP contribution < -0.4 is 0 Å². The number of rotatable bonds is 5. The first kappa shape index (κ1) is 13.7. The third-order valence-corrected chi connectivity index (χ3v) is 3.35. The summed E-state index contributed by atoms with van der Waals surface area (Å²) in [5, 5.41) is 21.8. The number of carbonyl (C=O) groups is 1. The van der Waals surface area contributed by atoms with Crippen molar-refractivity contribution in [2.75, 3.05) is 0 Å². The summed E-state index contributed by atoms with van der Waals surface area (Å²) in [5.74, 6) is -0.938. The summed E-state index contributed by atoms with van der Waals surface area (Å²) in [6.07, 6.45) is 0. The first-order chi connectivity index (χ1) is 9.06. The van der Waals surface area contributed by atoms with Gasteiger partial charge < -0.3 is 10.3 Å². The fourth-order valence-electron chi connectivity index (χ4n) is 1.83. The Morgan fingerprint density at radius 1 is 1.42 bits per heavy atom. The molecule has 0 bridgehead atoms. The van der Waals surface area contributed by atoms with Crippen molar-refractivity contribution in [3.8, 4) is 0 Å². The van der Waals surface area contributed by atoms with E-state index in [0.29, 0.717) is 18.7 Å². The number of aromatic nitrogens is 1. The predicted octanol–water partition coefficient (Wildman–Crippen LogP) is 2.54. The van der Waals surface area contributed by atoms with Gasteiger partial charge in [-0.3, -0.25) is 0 Å². The summed E-state index contributed by atoms with van der Waals surface area (Å²) < 4.78 is 0. The zero-order valence-electron chi connectivity index (χ0n) is 10.4. The molecule has 1 heterocycles. The first-order valence-corrected chi connectivity index (χ1v) is 6.64. The lowest BCUT2D eigenvalue weighted by atomic mass is 10.1. The molecule has 6 heteroatoms. The molecule has 0 saturated heterocycles. The molecule has 0 unspecified atom stereocenters. The minimum atomic E-state index is -0.938. The highest BCUT2D eigenvalue weighted by Crippen LogP contribution is 2.14. The number of nitrogens with zero attached hydrogens (tertiary/aromatic N) is 2. The van der Waals surface area contributed by atoms with Gasteiger partial charge in [0, 0.05) is 11.9 Å². The topological polar surface area (TPSA) is 73.7 Å². The predicted molar refractivity (Wildman–Crippen MR) is 71.3 cm³/mol. The van der Waals surface area contributed by atoms with Crippen molar-refractivity contribution in [1.82, 2.24) is 10.0 Å². The maximum atomic E-state index is 10.9. The van der Waals surface area contributed by atoms with Gasteiger partial charge in [0.1, 0.15) is 0 Å². The number of hydrogen-bond acceptors (Lipinski definition) is 5. The Hall–Kier alpha value is -1.76. The van der Waals surface area contributed by atoms with E-state index in [-0.39, 0.29) is 5.56 Å².